The molecule has 1 aliphatic heterocycles. The van der Waals surface area contributed by atoms with Crippen molar-refractivity contribution in [3.05, 3.63) is 23.8 Å². The van der Waals surface area contributed by atoms with Gasteiger partial charge in [0.05, 0.1) is 12.1 Å². The van der Waals surface area contributed by atoms with Gasteiger partial charge in [0.2, 0.25) is 5.91 Å². The Kier molecular flexibility index (Phi) is 3.46. The van der Waals surface area contributed by atoms with Crippen LogP contribution in [0.2, 0.25) is 0 Å². The number of carbonyl (C=O) groups is 2. The molecule has 0 spiro atoms. The van der Waals surface area contributed by atoms with Crippen LogP contribution in [0.3, 0.4) is 0 Å². The summed E-state index contributed by atoms with van der Waals surface area (Å²) in [4.78, 5) is 22.3. The van der Waals surface area contributed by atoms with Gasteiger partial charge in [0.1, 0.15) is 11.4 Å². The SMILES string of the molecule is CC1(C)CC(=O)Nc2cc(CCC(=O)O)ccc2O1. The third-order valence-electron chi connectivity index (χ3n) is 2.92. The standard InChI is InChI=1S/C14H17NO4/c1-14(2)8-12(16)15-10-7-9(4-6-13(17)18)3-5-11(10)19-14/h3,5,7H,4,6,8H2,1-2H3,(H,15,16)(H,17,18). The van der Waals surface area contributed by atoms with Gasteiger partial charge in [-0.05, 0) is 38.0 Å². The zero-order chi connectivity index (χ0) is 14.0. The number of carboxylic acid groups (broad SMARTS) is 1. The van der Waals surface area contributed by atoms with E-state index in [1.54, 1.807) is 12.1 Å². The molecule has 0 saturated heterocycles. The maximum absolute atomic E-state index is 11.8. The predicted octanol–water partition coefficient (Wildman–Crippen LogP) is 2.20. The molecule has 0 atom stereocenters. The van der Waals surface area contributed by atoms with Crippen LogP contribution < -0.4 is 10.1 Å². The third-order valence-corrected chi connectivity index (χ3v) is 2.92. The van der Waals surface area contributed by atoms with Gasteiger partial charge in [0, 0.05) is 6.42 Å². The van der Waals surface area contributed by atoms with Gasteiger partial charge in [-0.1, -0.05) is 6.07 Å². The van der Waals surface area contributed by atoms with Crippen molar-refractivity contribution >= 4 is 17.6 Å². The van der Waals surface area contributed by atoms with Gasteiger partial charge in [-0.2, -0.15) is 0 Å². The highest BCUT2D eigenvalue weighted by molar-refractivity contribution is 5.93. The highest BCUT2D eigenvalue weighted by atomic mass is 16.5. The number of carboxylic acids is 1. The molecule has 1 aromatic carbocycles. The minimum absolute atomic E-state index is 0.0685. The topological polar surface area (TPSA) is 75.6 Å². The van der Waals surface area contributed by atoms with Gasteiger partial charge in [-0.25, -0.2) is 0 Å². The molecule has 1 aromatic rings. The van der Waals surface area contributed by atoms with E-state index in [1.807, 2.05) is 19.9 Å². The molecular weight excluding hydrogens is 246 g/mol. The summed E-state index contributed by atoms with van der Waals surface area (Å²) in [6.45, 7) is 3.72. The molecule has 1 aliphatic rings. The highest BCUT2D eigenvalue weighted by Crippen LogP contribution is 2.33. The second kappa shape index (κ2) is 4.91. The Hall–Kier alpha value is -2.04. The van der Waals surface area contributed by atoms with Crippen molar-refractivity contribution < 1.29 is 19.4 Å². The first-order valence-electron chi connectivity index (χ1n) is 6.19. The summed E-state index contributed by atoms with van der Waals surface area (Å²) in [7, 11) is 0. The minimum atomic E-state index is -0.837. The summed E-state index contributed by atoms with van der Waals surface area (Å²) in [5, 5.41) is 11.5. The number of aliphatic carboxylic acids is 1. The summed E-state index contributed by atoms with van der Waals surface area (Å²) in [6.07, 6.45) is 0.785. The fraction of sp³-hybridized carbons (Fsp3) is 0.429. The van der Waals surface area contributed by atoms with Crippen LogP contribution in [0, 0.1) is 0 Å². The lowest BCUT2D eigenvalue weighted by molar-refractivity contribution is -0.137. The molecule has 0 radical (unpaired) electrons. The Labute approximate surface area is 111 Å². The molecule has 5 nitrogen and oxygen atoms in total. The van der Waals surface area contributed by atoms with Crippen molar-refractivity contribution in [3.8, 4) is 5.75 Å². The van der Waals surface area contributed by atoms with E-state index in [2.05, 4.69) is 5.32 Å². The fourth-order valence-corrected chi connectivity index (χ4v) is 2.09. The molecule has 1 heterocycles. The van der Waals surface area contributed by atoms with Crippen molar-refractivity contribution in [2.75, 3.05) is 5.32 Å². The van der Waals surface area contributed by atoms with Crippen molar-refractivity contribution in [2.24, 2.45) is 0 Å². The number of aryl methyl sites for hydroxylation is 1. The number of anilines is 1. The van der Waals surface area contributed by atoms with E-state index in [4.69, 9.17) is 9.84 Å². The number of carbonyl (C=O) groups excluding carboxylic acids is 1. The van der Waals surface area contributed by atoms with E-state index < -0.39 is 11.6 Å². The molecule has 102 valence electrons. The van der Waals surface area contributed by atoms with E-state index in [9.17, 15) is 9.59 Å². The normalized spacial score (nSPS) is 16.8. The Morgan fingerprint density at radius 2 is 2.21 bits per heavy atom. The van der Waals surface area contributed by atoms with Crippen molar-refractivity contribution in [3.63, 3.8) is 0 Å². The van der Waals surface area contributed by atoms with Gasteiger partial charge in [-0.3, -0.25) is 9.59 Å². The van der Waals surface area contributed by atoms with Gasteiger partial charge in [0.15, 0.2) is 0 Å². The van der Waals surface area contributed by atoms with Crippen LogP contribution in [-0.2, 0) is 16.0 Å². The van der Waals surface area contributed by atoms with Crippen LogP contribution in [0.5, 0.6) is 5.75 Å². The molecular formula is C14H17NO4. The lowest BCUT2D eigenvalue weighted by Gasteiger charge is -2.23. The summed E-state index contributed by atoms with van der Waals surface area (Å²) >= 11 is 0. The molecule has 2 rings (SSSR count). The molecule has 5 heteroatoms. The van der Waals surface area contributed by atoms with Crippen LogP contribution in [0.15, 0.2) is 18.2 Å². The molecule has 2 N–H and O–H groups in total. The molecule has 0 fully saturated rings. The molecule has 0 bridgehead atoms. The minimum Gasteiger partial charge on any atom is -0.485 e. The van der Waals surface area contributed by atoms with Crippen LogP contribution in [-0.4, -0.2) is 22.6 Å². The summed E-state index contributed by atoms with van der Waals surface area (Å²) in [5.41, 5.74) is 0.931. The summed E-state index contributed by atoms with van der Waals surface area (Å²) in [5.74, 6) is -0.314. The Bertz CT molecular complexity index is 522. The molecule has 1 amide bonds. The lowest BCUT2D eigenvalue weighted by Crippen LogP contribution is -2.30. The first-order valence-corrected chi connectivity index (χ1v) is 6.19. The zero-order valence-electron chi connectivity index (χ0n) is 11.0. The van der Waals surface area contributed by atoms with Crippen molar-refractivity contribution in [2.45, 2.75) is 38.7 Å². The second-order valence-corrected chi connectivity index (χ2v) is 5.31. The monoisotopic (exact) mass is 263 g/mol. The van der Waals surface area contributed by atoms with Crippen LogP contribution in [0.25, 0.3) is 0 Å². The molecule has 0 saturated carbocycles. The Morgan fingerprint density at radius 1 is 1.47 bits per heavy atom. The number of nitrogens with one attached hydrogen (secondary N) is 1. The largest absolute Gasteiger partial charge is 0.485 e. The van der Waals surface area contributed by atoms with Gasteiger partial charge < -0.3 is 15.2 Å². The number of hydrogen-bond donors (Lipinski definition) is 2. The third kappa shape index (κ3) is 3.47. The predicted molar refractivity (Wildman–Crippen MR) is 70.4 cm³/mol. The first kappa shape index (κ1) is 13.4. The van der Waals surface area contributed by atoms with E-state index in [1.165, 1.54) is 0 Å². The summed E-state index contributed by atoms with van der Waals surface area (Å²) < 4.78 is 5.80. The van der Waals surface area contributed by atoms with Crippen LogP contribution in [0.1, 0.15) is 32.3 Å². The fourth-order valence-electron chi connectivity index (χ4n) is 2.09. The number of fused-ring (bicyclic) bond motifs is 1. The Balaban J connectivity index is 2.24. The average Bonchev–Trinajstić information content (AvgIpc) is 2.38. The summed E-state index contributed by atoms with van der Waals surface area (Å²) in [6, 6.07) is 5.38. The van der Waals surface area contributed by atoms with E-state index in [0.717, 1.165) is 5.56 Å². The number of benzene rings is 1. The highest BCUT2D eigenvalue weighted by Gasteiger charge is 2.29. The number of ether oxygens (including phenoxy) is 1. The quantitative estimate of drug-likeness (QED) is 0.876. The van der Waals surface area contributed by atoms with Gasteiger partial charge >= 0.3 is 5.97 Å². The van der Waals surface area contributed by atoms with E-state index >= 15 is 0 Å². The molecule has 0 unspecified atom stereocenters. The molecule has 0 aliphatic carbocycles. The smallest absolute Gasteiger partial charge is 0.303 e. The van der Waals surface area contributed by atoms with Gasteiger partial charge in [0.25, 0.3) is 0 Å². The number of amides is 1. The maximum Gasteiger partial charge on any atom is 0.303 e. The Morgan fingerprint density at radius 3 is 2.89 bits per heavy atom. The van der Waals surface area contributed by atoms with Crippen LogP contribution in [0.4, 0.5) is 5.69 Å². The number of rotatable bonds is 3. The zero-order valence-corrected chi connectivity index (χ0v) is 11.0. The number of hydrogen-bond acceptors (Lipinski definition) is 3. The maximum atomic E-state index is 11.8. The molecule has 0 aromatic heterocycles. The van der Waals surface area contributed by atoms with E-state index in [-0.39, 0.29) is 18.7 Å². The second-order valence-electron chi connectivity index (χ2n) is 5.31. The lowest BCUT2D eigenvalue weighted by atomic mass is 10.1. The van der Waals surface area contributed by atoms with Crippen molar-refractivity contribution in [1.29, 1.82) is 0 Å². The van der Waals surface area contributed by atoms with E-state index in [0.29, 0.717) is 17.9 Å². The average molecular weight is 263 g/mol. The van der Waals surface area contributed by atoms with Gasteiger partial charge in [-0.15, -0.1) is 0 Å². The molecule has 19 heavy (non-hydrogen) atoms. The van der Waals surface area contributed by atoms with Crippen LogP contribution >= 0.6 is 0 Å². The first-order chi connectivity index (χ1) is 8.85. The van der Waals surface area contributed by atoms with Crippen molar-refractivity contribution in [1.82, 2.24) is 0 Å².